The zero-order valence-corrected chi connectivity index (χ0v) is 18.2. The largest absolute Gasteiger partial charge is 0.497 e. The van der Waals surface area contributed by atoms with E-state index in [1.165, 1.54) is 19.2 Å². The standard InChI is InChI=1S/C24H22N2O5S/c1-31-20-14-12-19(13-15-20)26-23(27)16-22(24(26)28)25(17-18-8-4-2-5-9-18)32(29,30)21-10-6-3-7-11-21/h2-15,22H,16-17H2,1H3. The van der Waals surface area contributed by atoms with Crippen molar-refractivity contribution in [3.8, 4) is 5.75 Å². The van der Waals surface area contributed by atoms with E-state index in [0.717, 1.165) is 14.8 Å². The second-order valence-electron chi connectivity index (χ2n) is 7.33. The molecule has 0 N–H and O–H groups in total. The van der Waals surface area contributed by atoms with Crippen molar-refractivity contribution in [3.05, 3.63) is 90.5 Å². The average molecular weight is 451 g/mol. The Morgan fingerprint density at radius 3 is 2.09 bits per heavy atom. The van der Waals surface area contributed by atoms with Crippen LogP contribution in [-0.2, 0) is 26.2 Å². The van der Waals surface area contributed by atoms with Crippen LogP contribution in [0.1, 0.15) is 12.0 Å². The van der Waals surface area contributed by atoms with Crippen molar-refractivity contribution in [2.45, 2.75) is 23.9 Å². The van der Waals surface area contributed by atoms with Gasteiger partial charge in [0.1, 0.15) is 11.8 Å². The number of anilines is 1. The summed E-state index contributed by atoms with van der Waals surface area (Å²) >= 11 is 0. The number of sulfonamides is 1. The van der Waals surface area contributed by atoms with Gasteiger partial charge in [0.15, 0.2) is 0 Å². The molecule has 0 aliphatic carbocycles. The Morgan fingerprint density at radius 1 is 0.906 bits per heavy atom. The molecule has 0 bridgehead atoms. The molecule has 1 aliphatic heterocycles. The lowest BCUT2D eigenvalue weighted by molar-refractivity contribution is -0.122. The highest BCUT2D eigenvalue weighted by molar-refractivity contribution is 7.89. The zero-order chi connectivity index (χ0) is 22.7. The van der Waals surface area contributed by atoms with E-state index in [0.29, 0.717) is 11.4 Å². The van der Waals surface area contributed by atoms with Crippen molar-refractivity contribution >= 4 is 27.5 Å². The van der Waals surface area contributed by atoms with Crippen molar-refractivity contribution in [2.75, 3.05) is 12.0 Å². The van der Waals surface area contributed by atoms with Crippen LogP contribution in [0.5, 0.6) is 5.75 Å². The van der Waals surface area contributed by atoms with Crippen LogP contribution in [0.4, 0.5) is 5.69 Å². The number of nitrogens with zero attached hydrogens (tertiary/aromatic N) is 2. The SMILES string of the molecule is COc1ccc(N2C(=O)CC(N(Cc3ccccc3)S(=O)(=O)c3ccccc3)C2=O)cc1. The van der Waals surface area contributed by atoms with Gasteiger partial charge in [-0.05, 0) is 42.0 Å². The van der Waals surface area contributed by atoms with E-state index in [9.17, 15) is 18.0 Å². The number of carbonyl (C=O) groups is 2. The third-order valence-corrected chi connectivity index (χ3v) is 7.20. The number of hydrogen-bond donors (Lipinski definition) is 0. The molecule has 0 aromatic heterocycles. The molecule has 2 amide bonds. The van der Waals surface area contributed by atoms with Crippen LogP contribution in [0.2, 0.25) is 0 Å². The minimum Gasteiger partial charge on any atom is -0.497 e. The Hall–Kier alpha value is -3.49. The van der Waals surface area contributed by atoms with Crippen LogP contribution >= 0.6 is 0 Å². The summed E-state index contributed by atoms with van der Waals surface area (Å²) in [7, 11) is -2.52. The van der Waals surface area contributed by atoms with Gasteiger partial charge in [-0.1, -0.05) is 48.5 Å². The Bertz CT molecular complexity index is 1210. The second kappa shape index (κ2) is 8.94. The van der Waals surface area contributed by atoms with Gasteiger partial charge in [-0.3, -0.25) is 9.59 Å². The third kappa shape index (κ3) is 4.15. The minimum absolute atomic E-state index is 0.0296. The molecular weight excluding hydrogens is 428 g/mol. The molecule has 3 aromatic carbocycles. The number of hydrogen-bond acceptors (Lipinski definition) is 5. The van der Waals surface area contributed by atoms with Gasteiger partial charge in [0.2, 0.25) is 15.9 Å². The molecule has 0 spiro atoms. The van der Waals surface area contributed by atoms with Crippen LogP contribution in [0.3, 0.4) is 0 Å². The van der Waals surface area contributed by atoms with E-state index < -0.39 is 27.9 Å². The van der Waals surface area contributed by atoms with Crippen LogP contribution < -0.4 is 9.64 Å². The first-order chi connectivity index (χ1) is 15.4. The number of amides is 2. The lowest BCUT2D eigenvalue weighted by Gasteiger charge is -2.27. The van der Waals surface area contributed by atoms with Crippen LogP contribution in [0, 0.1) is 0 Å². The van der Waals surface area contributed by atoms with Crippen LogP contribution in [0.25, 0.3) is 0 Å². The highest BCUT2D eigenvalue weighted by atomic mass is 32.2. The normalized spacial score (nSPS) is 16.6. The highest BCUT2D eigenvalue weighted by Crippen LogP contribution is 2.31. The monoisotopic (exact) mass is 450 g/mol. The molecule has 164 valence electrons. The predicted molar refractivity (Wildman–Crippen MR) is 120 cm³/mol. The molecule has 8 heteroatoms. The first kappa shape index (κ1) is 21.7. The van der Waals surface area contributed by atoms with E-state index in [1.807, 2.05) is 6.07 Å². The van der Waals surface area contributed by atoms with Crippen LogP contribution in [0.15, 0.2) is 89.8 Å². The van der Waals surface area contributed by atoms with Gasteiger partial charge in [-0.25, -0.2) is 13.3 Å². The van der Waals surface area contributed by atoms with Crippen LogP contribution in [-0.4, -0.2) is 37.7 Å². The first-order valence-corrected chi connectivity index (χ1v) is 11.5. The van der Waals surface area contributed by atoms with Gasteiger partial charge < -0.3 is 4.74 Å². The minimum atomic E-state index is -4.04. The summed E-state index contributed by atoms with van der Waals surface area (Å²) in [4.78, 5) is 27.3. The maximum Gasteiger partial charge on any atom is 0.252 e. The van der Waals surface area contributed by atoms with Crippen molar-refractivity contribution in [2.24, 2.45) is 0 Å². The van der Waals surface area contributed by atoms with Gasteiger partial charge in [0.25, 0.3) is 5.91 Å². The Kier molecular flexibility index (Phi) is 6.07. The summed E-state index contributed by atoms with van der Waals surface area (Å²) < 4.78 is 33.3. The van der Waals surface area contributed by atoms with E-state index in [4.69, 9.17) is 4.74 Å². The molecule has 1 saturated heterocycles. The third-order valence-electron chi connectivity index (χ3n) is 5.33. The molecule has 1 unspecified atom stereocenters. The van der Waals surface area contributed by atoms with Gasteiger partial charge in [0.05, 0.1) is 24.1 Å². The highest BCUT2D eigenvalue weighted by Gasteiger charge is 2.46. The maximum atomic E-state index is 13.5. The van der Waals surface area contributed by atoms with Crippen molar-refractivity contribution in [1.29, 1.82) is 0 Å². The van der Waals surface area contributed by atoms with E-state index in [2.05, 4.69) is 0 Å². The summed E-state index contributed by atoms with van der Waals surface area (Å²) in [6.45, 7) is -0.0296. The number of ether oxygens (including phenoxy) is 1. The second-order valence-corrected chi connectivity index (χ2v) is 9.22. The lowest BCUT2D eigenvalue weighted by Crippen LogP contribution is -2.45. The molecule has 32 heavy (non-hydrogen) atoms. The van der Waals surface area contributed by atoms with Gasteiger partial charge >= 0.3 is 0 Å². The van der Waals surface area contributed by atoms with Gasteiger partial charge in [-0.15, -0.1) is 0 Å². The number of rotatable bonds is 7. The van der Waals surface area contributed by atoms with Crippen molar-refractivity contribution in [1.82, 2.24) is 4.31 Å². The molecule has 1 heterocycles. The van der Waals surface area contributed by atoms with E-state index >= 15 is 0 Å². The van der Waals surface area contributed by atoms with Gasteiger partial charge in [-0.2, -0.15) is 4.31 Å². The van der Waals surface area contributed by atoms with Crippen molar-refractivity contribution in [3.63, 3.8) is 0 Å². The fourth-order valence-corrected chi connectivity index (χ4v) is 5.29. The number of carbonyl (C=O) groups excluding carboxylic acids is 2. The molecule has 7 nitrogen and oxygen atoms in total. The fraction of sp³-hybridized carbons (Fsp3) is 0.167. The van der Waals surface area contributed by atoms with E-state index in [1.54, 1.807) is 66.7 Å². The predicted octanol–water partition coefficient (Wildman–Crippen LogP) is 3.22. The van der Waals surface area contributed by atoms with Crippen molar-refractivity contribution < 1.29 is 22.7 Å². The quantitative estimate of drug-likeness (QED) is 0.516. The summed E-state index contributed by atoms with van der Waals surface area (Å²) in [5.74, 6) is -0.441. The number of methoxy groups -OCH3 is 1. The molecule has 0 radical (unpaired) electrons. The molecular formula is C24H22N2O5S. The maximum absolute atomic E-state index is 13.5. The zero-order valence-electron chi connectivity index (χ0n) is 17.4. The smallest absolute Gasteiger partial charge is 0.252 e. The molecule has 3 aromatic rings. The summed E-state index contributed by atoms with van der Waals surface area (Å²) in [6, 6.07) is 22.3. The Labute approximate surface area is 186 Å². The average Bonchev–Trinajstić information content (AvgIpc) is 3.12. The summed E-state index contributed by atoms with van der Waals surface area (Å²) in [5, 5.41) is 0. The first-order valence-electron chi connectivity index (χ1n) is 10.0. The topological polar surface area (TPSA) is 84.0 Å². The summed E-state index contributed by atoms with van der Waals surface area (Å²) in [6.07, 6.45) is -0.232. The van der Waals surface area contributed by atoms with E-state index in [-0.39, 0.29) is 17.9 Å². The number of imide groups is 1. The summed E-state index contributed by atoms with van der Waals surface area (Å²) in [5.41, 5.74) is 1.09. The Balaban J connectivity index is 1.72. The molecule has 0 saturated carbocycles. The molecule has 4 rings (SSSR count). The lowest BCUT2D eigenvalue weighted by atomic mass is 10.2. The molecule has 1 fully saturated rings. The fourth-order valence-electron chi connectivity index (χ4n) is 3.70. The molecule has 1 atom stereocenters. The Morgan fingerprint density at radius 2 is 1.50 bits per heavy atom. The van der Waals surface area contributed by atoms with Gasteiger partial charge in [0, 0.05) is 6.54 Å². The molecule has 1 aliphatic rings. The number of benzene rings is 3.